The Bertz CT molecular complexity index is 600. The summed E-state index contributed by atoms with van der Waals surface area (Å²) in [6, 6.07) is 5.38. The Morgan fingerprint density at radius 1 is 1.44 bits per heavy atom. The Balaban J connectivity index is 2.12. The summed E-state index contributed by atoms with van der Waals surface area (Å²) in [4.78, 5) is 4.17. The molecule has 1 atom stereocenters. The third kappa shape index (κ3) is 1.67. The van der Waals surface area contributed by atoms with Crippen molar-refractivity contribution >= 4 is 17.0 Å². The maximum atomic E-state index is 13.7. The molecule has 1 unspecified atom stereocenters. The van der Waals surface area contributed by atoms with Gasteiger partial charge in [0.05, 0.1) is 5.52 Å². The van der Waals surface area contributed by atoms with E-state index in [1.54, 1.807) is 6.07 Å². The maximum Gasteiger partial charge on any atom is 0.201 e. The van der Waals surface area contributed by atoms with E-state index in [4.69, 9.17) is 5.73 Å². The zero-order valence-electron chi connectivity index (χ0n) is 10.8. The number of para-hydroxylation sites is 1. The zero-order chi connectivity index (χ0) is 12.9. The minimum atomic E-state index is -0.296. The first-order valence-electron chi connectivity index (χ1n) is 6.40. The normalized spacial score (nSPS) is 22.7. The Labute approximate surface area is 106 Å². The third-order valence-electron chi connectivity index (χ3n) is 4.01. The van der Waals surface area contributed by atoms with Gasteiger partial charge in [-0.25, -0.2) is 9.37 Å². The van der Waals surface area contributed by atoms with Gasteiger partial charge in [0.1, 0.15) is 5.52 Å². The van der Waals surface area contributed by atoms with Gasteiger partial charge in [0, 0.05) is 6.04 Å². The van der Waals surface area contributed by atoms with Crippen LogP contribution < -0.4 is 5.73 Å². The van der Waals surface area contributed by atoms with Gasteiger partial charge in [0.2, 0.25) is 5.95 Å². The molecule has 0 amide bonds. The SMILES string of the molecule is CC1(C)CCC(n2c(N)nc3c(F)cccc32)C1. The molecule has 96 valence electrons. The van der Waals surface area contributed by atoms with Gasteiger partial charge >= 0.3 is 0 Å². The van der Waals surface area contributed by atoms with Crippen LogP contribution in [0.1, 0.15) is 39.2 Å². The van der Waals surface area contributed by atoms with Gasteiger partial charge in [0.15, 0.2) is 5.82 Å². The second kappa shape index (κ2) is 3.70. The van der Waals surface area contributed by atoms with E-state index >= 15 is 0 Å². The number of halogens is 1. The lowest BCUT2D eigenvalue weighted by Gasteiger charge is -2.19. The van der Waals surface area contributed by atoms with Crippen molar-refractivity contribution in [2.75, 3.05) is 5.73 Å². The first-order valence-corrected chi connectivity index (χ1v) is 6.40. The number of hydrogen-bond acceptors (Lipinski definition) is 2. The number of imidazole rings is 1. The standard InChI is InChI=1S/C14H18FN3/c1-14(2)7-6-9(8-14)18-11-5-3-4-10(15)12(11)17-13(18)16/h3-5,9H,6-8H2,1-2H3,(H2,16,17). The minimum Gasteiger partial charge on any atom is -0.369 e. The fourth-order valence-corrected chi connectivity index (χ4v) is 3.10. The number of anilines is 1. The van der Waals surface area contributed by atoms with Crippen LogP contribution in [0.5, 0.6) is 0 Å². The summed E-state index contributed by atoms with van der Waals surface area (Å²) >= 11 is 0. The van der Waals surface area contributed by atoms with Crippen LogP contribution in [0, 0.1) is 11.2 Å². The molecule has 1 aromatic carbocycles. The van der Waals surface area contributed by atoms with Crippen LogP contribution >= 0.6 is 0 Å². The average molecular weight is 247 g/mol. The molecule has 1 fully saturated rings. The lowest BCUT2D eigenvalue weighted by Crippen LogP contribution is -2.11. The molecule has 2 N–H and O–H groups in total. The number of aromatic nitrogens is 2. The molecule has 0 bridgehead atoms. The summed E-state index contributed by atoms with van der Waals surface area (Å²) in [5.41, 5.74) is 7.51. The number of nitrogens with two attached hydrogens (primary N) is 1. The van der Waals surface area contributed by atoms with Crippen LogP contribution in [0.15, 0.2) is 18.2 Å². The molecular formula is C14H18FN3. The number of fused-ring (bicyclic) bond motifs is 1. The van der Waals surface area contributed by atoms with Gasteiger partial charge in [-0.05, 0) is 36.8 Å². The van der Waals surface area contributed by atoms with Crippen molar-refractivity contribution in [3.05, 3.63) is 24.0 Å². The predicted octanol–water partition coefficient (Wildman–Crippen LogP) is 3.51. The fraction of sp³-hybridized carbons (Fsp3) is 0.500. The Kier molecular flexibility index (Phi) is 2.37. The molecule has 0 aliphatic heterocycles. The van der Waals surface area contributed by atoms with Gasteiger partial charge in [-0.15, -0.1) is 0 Å². The van der Waals surface area contributed by atoms with Crippen LogP contribution in [0.2, 0.25) is 0 Å². The molecule has 2 aromatic rings. The third-order valence-corrected chi connectivity index (χ3v) is 4.01. The summed E-state index contributed by atoms with van der Waals surface area (Å²) in [5, 5.41) is 0. The molecule has 3 rings (SSSR count). The number of nitrogens with zero attached hydrogens (tertiary/aromatic N) is 2. The smallest absolute Gasteiger partial charge is 0.201 e. The largest absolute Gasteiger partial charge is 0.369 e. The van der Waals surface area contributed by atoms with E-state index in [1.165, 1.54) is 12.5 Å². The van der Waals surface area contributed by atoms with Crippen molar-refractivity contribution < 1.29 is 4.39 Å². The van der Waals surface area contributed by atoms with Crippen LogP contribution in [0.3, 0.4) is 0 Å². The van der Waals surface area contributed by atoms with Crippen molar-refractivity contribution in [1.29, 1.82) is 0 Å². The Morgan fingerprint density at radius 2 is 2.22 bits per heavy atom. The first kappa shape index (κ1) is 11.5. The quantitative estimate of drug-likeness (QED) is 0.838. The van der Waals surface area contributed by atoms with Crippen molar-refractivity contribution in [2.45, 2.75) is 39.2 Å². The van der Waals surface area contributed by atoms with Crippen LogP contribution in [-0.4, -0.2) is 9.55 Å². The first-order chi connectivity index (χ1) is 8.48. The van der Waals surface area contributed by atoms with E-state index in [-0.39, 0.29) is 5.82 Å². The van der Waals surface area contributed by atoms with E-state index in [1.807, 2.05) is 10.6 Å². The number of nitrogen functional groups attached to an aromatic ring is 1. The van der Waals surface area contributed by atoms with E-state index in [0.29, 0.717) is 22.9 Å². The van der Waals surface area contributed by atoms with Crippen LogP contribution in [0.4, 0.5) is 10.3 Å². The highest BCUT2D eigenvalue weighted by atomic mass is 19.1. The molecule has 18 heavy (non-hydrogen) atoms. The average Bonchev–Trinajstić information content (AvgIpc) is 2.79. The lowest BCUT2D eigenvalue weighted by atomic mass is 9.92. The highest BCUT2D eigenvalue weighted by molar-refractivity contribution is 5.79. The Hall–Kier alpha value is -1.58. The van der Waals surface area contributed by atoms with E-state index in [9.17, 15) is 4.39 Å². The lowest BCUT2D eigenvalue weighted by molar-refractivity contribution is 0.361. The molecular weight excluding hydrogens is 229 g/mol. The molecule has 0 radical (unpaired) electrons. The minimum absolute atomic E-state index is 0.296. The fourth-order valence-electron chi connectivity index (χ4n) is 3.10. The molecule has 1 saturated carbocycles. The second-order valence-electron chi connectivity index (χ2n) is 6.01. The summed E-state index contributed by atoms with van der Waals surface area (Å²) in [7, 11) is 0. The number of rotatable bonds is 1. The second-order valence-corrected chi connectivity index (χ2v) is 6.01. The van der Waals surface area contributed by atoms with Crippen molar-refractivity contribution in [3.8, 4) is 0 Å². The van der Waals surface area contributed by atoms with E-state index in [0.717, 1.165) is 18.4 Å². The summed E-state index contributed by atoms with van der Waals surface area (Å²) < 4.78 is 15.7. The topological polar surface area (TPSA) is 43.8 Å². The Morgan fingerprint density at radius 3 is 2.89 bits per heavy atom. The van der Waals surface area contributed by atoms with Gasteiger partial charge in [-0.2, -0.15) is 0 Å². The molecule has 1 aliphatic carbocycles. The maximum absolute atomic E-state index is 13.7. The van der Waals surface area contributed by atoms with Gasteiger partial charge in [-0.3, -0.25) is 0 Å². The zero-order valence-corrected chi connectivity index (χ0v) is 10.8. The van der Waals surface area contributed by atoms with Gasteiger partial charge < -0.3 is 10.3 Å². The molecule has 0 saturated heterocycles. The van der Waals surface area contributed by atoms with Crippen LogP contribution in [0.25, 0.3) is 11.0 Å². The van der Waals surface area contributed by atoms with Crippen molar-refractivity contribution in [3.63, 3.8) is 0 Å². The van der Waals surface area contributed by atoms with Crippen molar-refractivity contribution in [1.82, 2.24) is 9.55 Å². The molecule has 1 aromatic heterocycles. The molecule has 1 aliphatic rings. The van der Waals surface area contributed by atoms with Gasteiger partial charge in [0.25, 0.3) is 0 Å². The van der Waals surface area contributed by atoms with Crippen molar-refractivity contribution in [2.24, 2.45) is 5.41 Å². The predicted molar refractivity (Wildman–Crippen MR) is 70.8 cm³/mol. The molecule has 0 spiro atoms. The monoisotopic (exact) mass is 247 g/mol. The summed E-state index contributed by atoms with van der Waals surface area (Å²) in [6.45, 7) is 4.53. The van der Waals surface area contributed by atoms with E-state index in [2.05, 4.69) is 18.8 Å². The highest BCUT2D eigenvalue weighted by Gasteiger charge is 2.33. The molecule has 3 nitrogen and oxygen atoms in total. The van der Waals surface area contributed by atoms with Crippen LogP contribution in [-0.2, 0) is 0 Å². The summed E-state index contributed by atoms with van der Waals surface area (Å²) in [5.74, 6) is 0.132. The molecule has 1 heterocycles. The molecule has 4 heteroatoms. The summed E-state index contributed by atoms with van der Waals surface area (Å²) in [6.07, 6.45) is 3.32. The number of hydrogen-bond donors (Lipinski definition) is 1. The highest BCUT2D eigenvalue weighted by Crippen LogP contribution is 2.45. The number of benzene rings is 1. The van der Waals surface area contributed by atoms with E-state index < -0.39 is 0 Å². The van der Waals surface area contributed by atoms with Gasteiger partial charge in [-0.1, -0.05) is 19.9 Å².